The highest BCUT2D eigenvalue weighted by molar-refractivity contribution is 6.07. The third-order valence-electron chi connectivity index (χ3n) is 3.94. The van der Waals surface area contributed by atoms with Crippen molar-refractivity contribution in [3.05, 3.63) is 57.9 Å². The number of hydrogen-bond donors (Lipinski definition) is 2. The Labute approximate surface area is 130 Å². The lowest BCUT2D eigenvalue weighted by Gasteiger charge is -2.02. The molecule has 2 aromatic carbocycles. The zero-order valence-electron chi connectivity index (χ0n) is 12.2. The third-order valence-corrected chi connectivity index (χ3v) is 3.94. The monoisotopic (exact) mass is 311 g/mol. The summed E-state index contributed by atoms with van der Waals surface area (Å²) in [6, 6.07) is 10.2. The predicted octanol–water partition coefficient (Wildman–Crippen LogP) is 2.02. The summed E-state index contributed by atoms with van der Waals surface area (Å²) in [7, 11) is 1.52. The van der Waals surface area contributed by atoms with E-state index in [9.17, 15) is 19.5 Å². The molecule has 6 nitrogen and oxygen atoms in total. The van der Waals surface area contributed by atoms with Gasteiger partial charge in [-0.3, -0.25) is 9.59 Å². The van der Waals surface area contributed by atoms with Crippen molar-refractivity contribution in [2.75, 3.05) is 0 Å². The largest absolute Gasteiger partial charge is 0.481 e. The number of hydrogen-bond acceptors (Lipinski definition) is 3. The Morgan fingerprint density at radius 1 is 1.04 bits per heavy atom. The van der Waals surface area contributed by atoms with Gasteiger partial charge in [0, 0.05) is 23.5 Å². The van der Waals surface area contributed by atoms with Crippen LogP contribution in [0.1, 0.15) is 16.1 Å². The van der Waals surface area contributed by atoms with E-state index < -0.39 is 18.4 Å². The molecular formula is C17H13NO5. The van der Waals surface area contributed by atoms with Gasteiger partial charge in [-0.25, -0.2) is 4.79 Å². The number of carboxylic acids is 2. The second kappa shape index (κ2) is 5.24. The van der Waals surface area contributed by atoms with Gasteiger partial charge in [0.2, 0.25) is 5.43 Å². The number of carboxylic acid groups (broad SMARTS) is 2. The summed E-state index contributed by atoms with van der Waals surface area (Å²) in [6.07, 6.45) is -0.464. The quantitative estimate of drug-likeness (QED) is 0.771. The molecule has 0 amide bonds. The average molecular weight is 311 g/mol. The summed E-state index contributed by atoms with van der Waals surface area (Å²) in [4.78, 5) is 35.5. The smallest absolute Gasteiger partial charge is 0.338 e. The molecule has 2 N–H and O–H groups in total. The Bertz CT molecular complexity index is 1030. The first kappa shape index (κ1) is 14.8. The second-order valence-electron chi connectivity index (χ2n) is 5.27. The first-order valence-electron chi connectivity index (χ1n) is 6.90. The number of carbonyl (C=O) groups is 2. The van der Waals surface area contributed by atoms with Crippen LogP contribution >= 0.6 is 0 Å². The Morgan fingerprint density at radius 3 is 2.39 bits per heavy atom. The Morgan fingerprint density at radius 2 is 1.74 bits per heavy atom. The number of rotatable bonds is 3. The molecule has 0 aliphatic rings. The number of aromatic carboxylic acids is 1. The molecule has 0 unspecified atom stereocenters. The number of nitrogens with zero attached hydrogens (tertiary/aromatic N) is 1. The average Bonchev–Trinajstić information content (AvgIpc) is 2.67. The second-order valence-corrected chi connectivity index (χ2v) is 5.27. The third kappa shape index (κ3) is 2.24. The molecule has 0 atom stereocenters. The predicted molar refractivity (Wildman–Crippen MR) is 85.0 cm³/mol. The lowest BCUT2D eigenvalue weighted by Crippen LogP contribution is -2.11. The van der Waals surface area contributed by atoms with Crippen molar-refractivity contribution in [3.8, 4) is 0 Å². The van der Waals surface area contributed by atoms with Crippen LogP contribution in [0.5, 0.6) is 0 Å². The summed E-state index contributed by atoms with van der Waals surface area (Å²) >= 11 is 0. The molecule has 6 heteroatoms. The topological polar surface area (TPSA) is 96.6 Å². The van der Waals surface area contributed by atoms with Crippen LogP contribution in [0.15, 0.2) is 41.2 Å². The molecule has 3 rings (SSSR count). The molecule has 0 radical (unpaired) electrons. The summed E-state index contributed by atoms with van der Waals surface area (Å²) < 4.78 is 1.38. The van der Waals surface area contributed by atoms with Gasteiger partial charge in [-0.2, -0.15) is 0 Å². The number of aromatic nitrogens is 1. The maximum atomic E-state index is 12.8. The highest BCUT2D eigenvalue weighted by atomic mass is 16.4. The van der Waals surface area contributed by atoms with Gasteiger partial charge in [0.1, 0.15) is 0 Å². The zero-order chi connectivity index (χ0) is 16.7. The van der Waals surface area contributed by atoms with E-state index in [1.165, 1.54) is 11.6 Å². The summed E-state index contributed by atoms with van der Waals surface area (Å²) in [5.74, 6) is -2.40. The standard InChI is InChI=1S/C17H13NO5/c1-18-12(8-13(19)20)14(17(22)23)11-7-6-9-4-2-3-5-10(9)16(21)15(11)18/h2-7H,8H2,1H3,(H,19,20)(H,22,23). The highest BCUT2D eigenvalue weighted by Crippen LogP contribution is 2.25. The van der Waals surface area contributed by atoms with Crippen LogP contribution in [0.3, 0.4) is 0 Å². The number of benzene rings is 1. The van der Waals surface area contributed by atoms with Crippen LogP contribution in [0.2, 0.25) is 0 Å². The molecular weight excluding hydrogens is 298 g/mol. The van der Waals surface area contributed by atoms with E-state index in [0.29, 0.717) is 10.8 Å². The first-order chi connectivity index (χ1) is 10.9. The van der Waals surface area contributed by atoms with Crippen molar-refractivity contribution >= 4 is 33.6 Å². The molecule has 3 aromatic rings. The van der Waals surface area contributed by atoms with Gasteiger partial charge in [0.05, 0.1) is 17.5 Å². The molecule has 0 bridgehead atoms. The van der Waals surface area contributed by atoms with Gasteiger partial charge < -0.3 is 14.8 Å². The van der Waals surface area contributed by atoms with Crippen molar-refractivity contribution in [3.63, 3.8) is 0 Å². The van der Waals surface area contributed by atoms with Crippen LogP contribution in [0.4, 0.5) is 0 Å². The van der Waals surface area contributed by atoms with Gasteiger partial charge in [-0.15, -0.1) is 0 Å². The molecule has 0 aliphatic carbocycles. The molecule has 0 saturated heterocycles. The van der Waals surface area contributed by atoms with E-state index >= 15 is 0 Å². The van der Waals surface area contributed by atoms with E-state index in [4.69, 9.17) is 5.11 Å². The number of fused-ring (bicyclic) bond motifs is 2. The lowest BCUT2D eigenvalue weighted by atomic mass is 10.1. The van der Waals surface area contributed by atoms with E-state index in [0.717, 1.165) is 0 Å². The minimum atomic E-state index is -1.25. The normalized spacial score (nSPS) is 11.0. The Kier molecular flexibility index (Phi) is 3.37. The first-order valence-corrected chi connectivity index (χ1v) is 6.90. The van der Waals surface area contributed by atoms with Crippen molar-refractivity contribution < 1.29 is 19.8 Å². The van der Waals surface area contributed by atoms with E-state index in [1.807, 2.05) is 0 Å². The summed E-state index contributed by atoms with van der Waals surface area (Å²) in [5, 5.41) is 19.9. The molecule has 1 heterocycles. The molecule has 0 saturated carbocycles. The van der Waals surface area contributed by atoms with Gasteiger partial charge in [-0.05, 0) is 5.39 Å². The van der Waals surface area contributed by atoms with Crippen LogP contribution in [0, 0.1) is 0 Å². The zero-order valence-corrected chi connectivity index (χ0v) is 12.2. The Balaban J connectivity index is 2.57. The fraction of sp³-hybridized carbons (Fsp3) is 0.118. The summed E-state index contributed by atoms with van der Waals surface area (Å²) in [5.41, 5.74) is -0.156. The van der Waals surface area contributed by atoms with E-state index in [1.54, 1.807) is 36.4 Å². The van der Waals surface area contributed by atoms with Crippen molar-refractivity contribution in [2.45, 2.75) is 6.42 Å². The highest BCUT2D eigenvalue weighted by Gasteiger charge is 2.23. The van der Waals surface area contributed by atoms with Crippen LogP contribution in [-0.2, 0) is 18.3 Å². The van der Waals surface area contributed by atoms with Gasteiger partial charge in [0.25, 0.3) is 0 Å². The maximum Gasteiger partial charge on any atom is 0.338 e. The minimum absolute atomic E-state index is 0.104. The van der Waals surface area contributed by atoms with E-state index in [2.05, 4.69) is 0 Å². The molecule has 1 aromatic heterocycles. The number of aryl methyl sites for hydroxylation is 1. The molecule has 116 valence electrons. The Hall–Kier alpha value is -3.15. The molecule has 0 fully saturated rings. The SMILES string of the molecule is Cn1c(CC(=O)O)c(C(=O)O)c2ccc3ccccc3c(=O)c21. The van der Waals surface area contributed by atoms with Crippen LogP contribution < -0.4 is 5.43 Å². The fourth-order valence-electron chi connectivity index (χ4n) is 2.93. The fourth-order valence-corrected chi connectivity index (χ4v) is 2.93. The summed E-state index contributed by atoms with van der Waals surface area (Å²) in [6.45, 7) is 0. The van der Waals surface area contributed by atoms with Crippen LogP contribution in [0.25, 0.3) is 21.7 Å². The number of aliphatic carboxylic acids is 1. The molecule has 0 spiro atoms. The molecule has 23 heavy (non-hydrogen) atoms. The van der Waals surface area contributed by atoms with E-state index in [-0.39, 0.29) is 27.6 Å². The van der Waals surface area contributed by atoms with Crippen molar-refractivity contribution in [2.24, 2.45) is 7.05 Å². The van der Waals surface area contributed by atoms with Crippen LogP contribution in [-0.4, -0.2) is 26.7 Å². The minimum Gasteiger partial charge on any atom is -0.481 e. The van der Waals surface area contributed by atoms with Gasteiger partial charge >= 0.3 is 11.9 Å². The van der Waals surface area contributed by atoms with Crippen molar-refractivity contribution in [1.82, 2.24) is 4.57 Å². The van der Waals surface area contributed by atoms with Gasteiger partial charge in [-0.1, -0.05) is 36.4 Å². The van der Waals surface area contributed by atoms with Crippen molar-refractivity contribution in [1.29, 1.82) is 0 Å². The maximum absolute atomic E-state index is 12.8. The molecule has 0 aliphatic heterocycles. The lowest BCUT2D eigenvalue weighted by molar-refractivity contribution is -0.136. The van der Waals surface area contributed by atoms with Gasteiger partial charge in [0.15, 0.2) is 0 Å².